The molecule has 0 aliphatic rings. The molecule has 0 amide bonds. The third-order valence-electron chi connectivity index (χ3n) is 1.49. The Morgan fingerprint density at radius 1 is 1.58 bits per heavy atom. The van der Waals surface area contributed by atoms with Gasteiger partial charge in [-0.2, -0.15) is 0 Å². The Bertz CT molecular complexity index is 304. The molecule has 1 rings (SSSR count). The van der Waals surface area contributed by atoms with Crippen molar-refractivity contribution in [1.29, 1.82) is 0 Å². The molecule has 0 fully saturated rings. The highest BCUT2D eigenvalue weighted by atomic mass is 32.1. The van der Waals surface area contributed by atoms with Gasteiger partial charge in [-0.05, 0) is 13.0 Å². The molecule has 12 heavy (non-hydrogen) atoms. The Balaban J connectivity index is 3.09. The summed E-state index contributed by atoms with van der Waals surface area (Å²) in [5.74, 6) is 0.0693. The van der Waals surface area contributed by atoms with Gasteiger partial charge in [0.05, 0.1) is 10.6 Å². The zero-order valence-corrected chi connectivity index (χ0v) is 8.23. The number of carbonyl (C=O) groups is 1. The molecule has 0 radical (unpaired) electrons. The molecule has 0 spiro atoms. The molecule has 3 nitrogen and oxygen atoms in total. The van der Waals surface area contributed by atoms with E-state index in [0.717, 1.165) is 9.88 Å². The van der Waals surface area contributed by atoms with Crippen molar-refractivity contribution < 1.29 is 4.79 Å². The first-order valence-electron chi connectivity index (χ1n) is 3.60. The largest absolute Gasteiger partial charge is 0.396 e. The van der Waals surface area contributed by atoms with Crippen LogP contribution in [0.2, 0.25) is 0 Å². The van der Waals surface area contributed by atoms with Crippen molar-refractivity contribution in [2.75, 3.05) is 24.7 Å². The van der Waals surface area contributed by atoms with Crippen LogP contribution in [0.4, 0.5) is 10.7 Å². The van der Waals surface area contributed by atoms with Gasteiger partial charge in [0.15, 0.2) is 5.78 Å². The number of rotatable bonds is 2. The molecule has 0 aliphatic carbocycles. The first-order valence-corrected chi connectivity index (χ1v) is 4.41. The molecule has 2 N–H and O–H groups in total. The molecule has 0 saturated carbocycles. The predicted molar refractivity (Wildman–Crippen MR) is 53.1 cm³/mol. The summed E-state index contributed by atoms with van der Waals surface area (Å²) in [4.78, 5) is 13.6. The van der Waals surface area contributed by atoms with E-state index < -0.39 is 0 Å². The number of nitrogen functional groups attached to an aromatic ring is 1. The highest BCUT2D eigenvalue weighted by Crippen LogP contribution is 2.32. The summed E-state index contributed by atoms with van der Waals surface area (Å²) in [6.45, 7) is 1.55. The summed E-state index contributed by atoms with van der Waals surface area (Å²) in [7, 11) is 3.82. The van der Waals surface area contributed by atoms with Crippen molar-refractivity contribution in [2.45, 2.75) is 6.92 Å². The summed E-state index contributed by atoms with van der Waals surface area (Å²) in [5, 5.41) is 0.945. The Morgan fingerprint density at radius 3 is 2.42 bits per heavy atom. The number of ketones is 1. The lowest BCUT2D eigenvalue weighted by Gasteiger charge is -2.09. The molecule has 0 saturated heterocycles. The van der Waals surface area contributed by atoms with E-state index in [1.807, 2.05) is 19.0 Å². The van der Waals surface area contributed by atoms with E-state index in [-0.39, 0.29) is 5.78 Å². The summed E-state index contributed by atoms with van der Waals surface area (Å²) < 4.78 is 0. The highest BCUT2D eigenvalue weighted by molar-refractivity contribution is 7.18. The van der Waals surface area contributed by atoms with Crippen LogP contribution in [0.15, 0.2) is 6.07 Å². The normalized spacial score (nSPS) is 9.92. The maximum atomic E-state index is 11.0. The second kappa shape index (κ2) is 3.15. The van der Waals surface area contributed by atoms with E-state index >= 15 is 0 Å². The second-order valence-corrected chi connectivity index (χ2v) is 3.85. The zero-order chi connectivity index (χ0) is 9.30. The Kier molecular flexibility index (Phi) is 2.38. The first-order chi connectivity index (χ1) is 5.52. The molecule has 1 aromatic rings. The van der Waals surface area contributed by atoms with Crippen molar-refractivity contribution in [3.63, 3.8) is 0 Å². The van der Waals surface area contributed by atoms with Gasteiger partial charge in [-0.1, -0.05) is 0 Å². The molecule has 0 unspecified atom stereocenters. The number of hydrogen-bond acceptors (Lipinski definition) is 4. The molecule has 0 bridgehead atoms. The van der Waals surface area contributed by atoms with Crippen LogP contribution in [-0.2, 0) is 0 Å². The van der Waals surface area contributed by atoms with Gasteiger partial charge in [0.2, 0.25) is 0 Å². The van der Waals surface area contributed by atoms with Gasteiger partial charge in [-0.15, -0.1) is 11.3 Å². The number of nitrogens with two attached hydrogens (primary N) is 1. The fourth-order valence-electron chi connectivity index (χ4n) is 0.918. The van der Waals surface area contributed by atoms with Crippen LogP contribution in [0.25, 0.3) is 0 Å². The number of carbonyl (C=O) groups excluding carboxylic acids is 1. The summed E-state index contributed by atoms with van der Waals surface area (Å²) in [5.41, 5.74) is 6.37. The molecule has 0 atom stereocenters. The van der Waals surface area contributed by atoms with Gasteiger partial charge < -0.3 is 10.6 Å². The van der Waals surface area contributed by atoms with Crippen molar-refractivity contribution in [1.82, 2.24) is 0 Å². The van der Waals surface area contributed by atoms with Crippen LogP contribution in [0.3, 0.4) is 0 Å². The van der Waals surface area contributed by atoms with Crippen LogP contribution < -0.4 is 10.6 Å². The van der Waals surface area contributed by atoms with Crippen LogP contribution in [0.1, 0.15) is 16.6 Å². The zero-order valence-electron chi connectivity index (χ0n) is 7.42. The molecule has 0 aliphatic heterocycles. The summed E-state index contributed by atoms with van der Waals surface area (Å²) in [6, 6.07) is 1.72. The van der Waals surface area contributed by atoms with Crippen LogP contribution >= 0.6 is 11.3 Å². The fourth-order valence-corrected chi connectivity index (χ4v) is 1.82. The molecule has 66 valence electrons. The average Bonchev–Trinajstić information content (AvgIpc) is 2.30. The lowest BCUT2D eigenvalue weighted by molar-refractivity contribution is 0.102. The number of Topliss-reactive ketones (excluding diaryl/α,β-unsaturated/α-hetero) is 1. The van der Waals surface area contributed by atoms with Gasteiger partial charge in [0.25, 0.3) is 0 Å². The predicted octanol–water partition coefficient (Wildman–Crippen LogP) is 1.60. The maximum absolute atomic E-state index is 11.0. The molecular weight excluding hydrogens is 172 g/mol. The van der Waals surface area contributed by atoms with Crippen molar-refractivity contribution in [3.8, 4) is 0 Å². The lowest BCUT2D eigenvalue weighted by atomic mass is 10.3. The first kappa shape index (κ1) is 9.06. The van der Waals surface area contributed by atoms with Crippen molar-refractivity contribution in [2.24, 2.45) is 0 Å². The average molecular weight is 184 g/mol. The van der Waals surface area contributed by atoms with Crippen molar-refractivity contribution >= 4 is 27.8 Å². The van der Waals surface area contributed by atoms with E-state index in [1.54, 1.807) is 13.0 Å². The standard InChI is InChI=1S/C8H12N2OS/c1-5(11)7-4-6(9)8(12-7)10(2)3/h4H,9H2,1-3H3. The monoisotopic (exact) mass is 184 g/mol. The maximum Gasteiger partial charge on any atom is 0.169 e. The highest BCUT2D eigenvalue weighted by Gasteiger charge is 2.10. The lowest BCUT2D eigenvalue weighted by Crippen LogP contribution is -2.08. The topological polar surface area (TPSA) is 46.3 Å². The van der Waals surface area contributed by atoms with E-state index in [2.05, 4.69) is 0 Å². The van der Waals surface area contributed by atoms with Crippen LogP contribution in [0.5, 0.6) is 0 Å². The van der Waals surface area contributed by atoms with Crippen molar-refractivity contribution in [3.05, 3.63) is 10.9 Å². The van der Waals surface area contributed by atoms with E-state index in [1.165, 1.54) is 11.3 Å². The molecular formula is C8H12N2OS. The molecule has 1 aromatic heterocycles. The molecule has 1 heterocycles. The smallest absolute Gasteiger partial charge is 0.169 e. The van der Waals surface area contributed by atoms with Gasteiger partial charge >= 0.3 is 0 Å². The van der Waals surface area contributed by atoms with Gasteiger partial charge in [0, 0.05) is 14.1 Å². The Labute approximate surface area is 75.8 Å². The minimum absolute atomic E-state index is 0.0693. The van der Waals surface area contributed by atoms with E-state index in [4.69, 9.17) is 5.73 Å². The van der Waals surface area contributed by atoms with Gasteiger partial charge in [-0.25, -0.2) is 0 Å². The number of thiophene rings is 1. The summed E-state index contributed by atoms with van der Waals surface area (Å²) >= 11 is 1.43. The van der Waals surface area contributed by atoms with Crippen LogP contribution in [-0.4, -0.2) is 19.9 Å². The minimum Gasteiger partial charge on any atom is -0.396 e. The summed E-state index contributed by atoms with van der Waals surface area (Å²) in [6.07, 6.45) is 0. The fraction of sp³-hybridized carbons (Fsp3) is 0.375. The van der Waals surface area contributed by atoms with Gasteiger partial charge in [0.1, 0.15) is 5.00 Å². The number of hydrogen-bond donors (Lipinski definition) is 1. The molecule has 0 aromatic carbocycles. The number of nitrogens with zero attached hydrogens (tertiary/aromatic N) is 1. The van der Waals surface area contributed by atoms with Gasteiger partial charge in [-0.3, -0.25) is 4.79 Å². The molecule has 4 heteroatoms. The Morgan fingerprint density at radius 2 is 2.17 bits per heavy atom. The Hall–Kier alpha value is -1.03. The van der Waals surface area contributed by atoms with E-state index in [0.29, 0.717) is 5.69 Å². The SMILES string of the molecule is CC(=O)c1cc(N)c(N(C)C)s1. The third-order valence-corrected chi connectivity index (χ3v) is 2.91. The third kappa shape index (κ3) is 1.58. The minimum atomic E-state index is 0.0693. The van der Waals surface area contributed by atoms with E-state index in [9.17, 15) is 4.79 Å². The second-order valence-electron chi connectivity index (χ2n) is 2.82. The number of anilines is 2. The quantitative estimate of drug-likeness (QED) is 0.710. The van der Waals surface area contributed by atoms with Crippen LogP contribution in [0, 0.1) is 0 Å².